The van der Waals surface area contributed by atoms with E-state index in [1.165, 1.54) is 18.2 Å². The Morgan fingerprint density at radius 2 is 2.13 bits per heavy atom. The van der Waals surface area contributed by atoms with Gasteiger partial charge < -0.3 is 5.73 Å². The van der Waals surface area contributed by atoms with Crippen molar-refractivity contribution in [2.24, 2.45) is 5.73 Å². The topological polar surface area (TPSA) is 69.2 Å². The SMILES string of the molecule is CC(C)(CN)c1c(F)cccc1[N+](=O)[O-]. The van der Waals surface area contributed by atoms with Crippen LogP contribution in [-0.4, -0.2) is 11.5 Å². The maximum atomic E-state index is 13.5. The van der Waals surface area contributed by atoms with E-state index in [-0.39, 0.29) is 17.8 Å². The summed E-state index contributed by atoms with van der Waals surface area (Å²) in [6, 6.07) is 3.82. The Kier molecular flexibility index (Phi) is 3.04. The first-order valence-electron chi connectivity index (χ1n) is 4.53. The zero-order chi connectivity index (χ0) is 11.6. The van der Waals surface area contributed by atoms with E-state index in [1.807, 2.05) is 0 Å². The molecule has 82 valence electrons. The molecule has 0 aromatic heterocycles. The molecule has 2 N–H and O–H groups in total. The summed E-state index contributed by atoms with van der Waals surface area (Å²) in [5.74, 6) is -0.584. The Hall–Kier alpha value is -1.49. The lowest BCUT2D eigenvalue weighted by atomic mass is 9.83. The number of hydrogen-bond acceptors (Lipinski definition) is 3. The molecular weight excluding hydrogens is 199 g/mol. The van der Waals surface area contributed by atoms with Gasteiger partial charge in [-0.05, 0) is 6.07 Å². The molecule has 4 nitrogen and oxygen atoms in total. The third-order valence-electron chi connectivity index (χ3n) is 2.38. The second kappa shape index (κ2) is 3.94. The van der Waals surface area contributed by atoms with Gasteiger partial charge in [0.25, 0.3) is 5.69 Å². The van der Waals surface area contributed by atoms with E-state index in [9.17, 15) is 14.5 Å². The van der Waals surface area contributed by atoms with Crippen LogP contribution in [0.4, 0.5) is 10.1 Å². The summed E-state index contributed by atoms with van der Waals surface area (Å²) in [5.41, 5.74) is 4.59. The number of rotatable bonds is 3. The Labute approximate surface area is 87.0 Å². The van der Waals surface area contributed by atoms with Gasteiger partial charge in [0, 0.05) is 18.0 Å². The van der Waals surface area contributed by atoms with Crippen molar-refractivity contribution in [1.29, 1.82) is 0 Å². The molecule has 0 spiro atoms. The molecule has 1 rings (SSSR count). The van der Waals surface area contributed by atoms with Gasteiger partial charge in [-0.15, -0.1) is 0 Å². The molecule has 0 heterocycles. The maximum absolute atomic E-state index is 13.5. The van der Waals surface area contributed by atoms with Gasteiger partial charge in [0.1, 0.15) is 5.82 Å². The van der Waals surface area contributed by atoms with Crippen LogP contribution >= 0.6 is 0 Å². The summed E-state index contributed by atoms with van der Waals surface area (Å²) in [5, 5.41) is 10.7. The quantitative estimate of drug-likeness (QED) is 0.615. The molecule has 0 unspecified atom stereocenters. The van der Waals surface area contributed by atoms with Gasteiger partial charge in [-0.1, -0.05) is 19.9 Å². The highest BCUT2D eigenvalue weighted by molar-refractivity contribution is 5.45. The largest absolute Gasteiger partial charge is 0.330 e. The van der Waals surface area contributed by atoms with Crippen molar-refractivity contribution >= 4 is 5.69 Å². The highest BCUT2D eigenvalue weighted by Crippen LogP contribution is 2.32. The molecule has 0 saturated heterocycles. The minimum Gasteiger partial charge on any atom is -0.330 e. The van der Waals surface area contributed by atoms with Gasteiger partial charge in [0.2, 0.25) is 0 Å². The van der Waals surface area contributed by atoms with Crippen molar-refractivity contribution in [1.82, 2.24) is 0 Å². The molecule has 15 heavy (non-hydrogen) atoms. The van der Waals surface area contributed by atoms with Crippen LogP contribution in [0, 0.1) is 15.9 Å². The first-order chi connectivity index (χ1) is 6.90. The average molecular weight is 212 g/mol. The van der Waals surface area contributed by atoms with Crippen LogP contribution in [0.1, 0.15) is 19.4 Å². The number of benzene rings is 1. The molecule has 0 fully saturated rings. The zero-order valence-electron chi connectivity index (χ0n) is 8.66. The highest BCUT2D eigenvalue weighted by atomic mass is 19.1. The van der Waals surface area contributed by atoms with E-state index in [2.05, 4.69) is 0 Å². The zero-order valence-corrected chi connectivity index (χ0v) is 8.66. The fourth-order valence-corrected chi connectivity index (χ4v) is 1.44. The summed E-state index contributed by atoms with van der Waals surface area (Å²) in [6.45, 7) is 3.51. The van der Waals surface area contributed by atoms with Crippen LogP contribution in [-0.2, 0) is 5.41 Å². The summed E-state index contributed by atoms with van der Waals surface area (Å²) < 4.78 is 13.5. The summed E-state index contributed by atoms with van der Waals surface area (Å²) >= 11 is 0. The van der Waals surface area contributed by atoms with Gasteiger partial charge in [-0.25, -0.2) is 4.39 Å². The molecule has 0 amide bonds. The Morgan fingerprint density at radius 1 is 1.53 bits per heavy atom. The molecule has 0 saturated carbocycles. The molecule has 0 atom stereocenters. The van der Waals surface area contributed by atoms with E-state index in [0.717, 1.165) is 0 Å². The van der Waals surface area contributed by atoms with Crippen LogP contribution < -0.4 is 5.73 Å². The number of nitro groups is 1. The molecular formula is C10H13FN2O2. The van der Waals surface area contributed by atoms with Crippen molar-refractivity contribution in [2.75, 3.05) is 6.54 Å². The fraction of sp³-hybridized carbons (Fsp3) is 0.400. The minimum absolute atomic E-state index is 0.0671. The van der Waals surface area contributed by atoms with Gasteiger partial charge in [-0.2, -0.15) is 0 Å². The van der Waals surface area contributed by atoms with Crippen LogP contribution in [0.5, 0.6) is 0 Å². The van der Waals surface area contributed by atoms with Gasteiger partial charge >= 0.3 is 0 Å². The third-order valence-corrected chi connectivity index (χ3v) is 2.38. The lowest BCUT2D eigenvalue weighted by Gasteiger charge is -2.22. The average Bonchev–Trinajstić information content (AvgIpc) is 2.17. The molecule has 0 radical (unpaired) electrons. The molecule has 0 aliphatic carbocycles. The fourth-order valence-electron chi connectivity index (χ4n) is 1.44. The van der Waals surface area contributed by atoms with Crippen LogP contribution in [0.15, 0.2) is 18.2 Å². The molecule has 1 aromatic carbocycles. The molecule has 5 heteroatoms. The second-order valence-corrected chi connectivity index (χ2v) is 3.98. The predicted molar refractivity (Wildman–Crippen MR) is 55.1 cm³/mol. The van der Waals surface area contributed by atoms with Gasteiger partial charge in [-0.3, -0.25) is 10.1 Å². The van der Waals surface area contributed by atoms with Gasteiger partial charge in [0.05, 0.1) is 10.5 Å². The summed E-state index contributed by atoms with van der Waals surface area (Å²) in [4.78, 5) is 10.1. The van der Waals surface area contributed by atoms with Crippen molar-refractivity contribution < 1.29 is 9.31 Å². The number of halogens is 1. The summed E-state index contributed by atoms with van der Waals surface area (Å²) in [7, 11) is 0. The van der Waals surface area contributed by atoms with Gasteiger partial charge in [0.15, 0.2) is 0 Å². The van der Waals surface area contributed by atoms with E-state index >= 15 is 0 Å². The number of nitrogens with zero attached hydrogens (tertiary/aromatic N) is 1. The summed E-state index contributed by atoms with van der Waals surface area (Å²) in [6.07, 6.45) is 0. The van der Waals surface area contributed by atoms with Crippen LogP contribution in [0.25, 0.3) is 0 Å². The molecule has 1 aromatic rings. The van der Waals surface area contributed by atoms with Crippen LogP contribution in [0.2, 0.25) is 0 Å². The lowest BCUT2D eigenvalue weighted by molar-refractivity contribution is -0.386. The number of hydrogen-bond donors (Lipinski definition) is 1. The van der Waals surface area contributed by atoms with Crippen molar-refractivity contribution in [2.45, 2.75) is 19.3 Å². The van der Waals surface area contributed by atoms with E-state index in [0.29, 0.717) is 0 Å². The Bertz CT molecular complexity index is 391. The molecule has 0 aliphatic rings. The van der Waals surface area contributed by atoms with E-state index in [4.69, 9.17) is 5.73 Å². The minimum atomic E-state index is -0.742. The molecule has 0 bridgehead atoms. The van der Waals surface area contributed by atoms with Crippen molar-refractivity contribution in [3.8, 4) is 0 Å². The van der Waals surface area contributed by atoms with E-state index in [1.54, 1.807) is 13.8 Å². The second-order valence-electron chi connectivity index (χ2n) is 3.98. The van der Waals surface area contributed by atoms with E-state index < -0.39 is 16.2 Å². The maximum Gasteiger partial charge on any atom is 0.276 e. The van der Waals surface area contributed by atoms with Crippen molar-refractivity contribution in [3.05, 3.63) is 39.7 Å². The van der Waals surface area contributed by atoms with Crippen LogP contribution in [0.3, 0.4) is 0 Å². The standard InChI is InChI=1S/C10H13FN2O2/c1-10(2,6-12)9-7(11)4-3-5-8(9)13(14)15/h3-5H,6,12H2,1-2H3. The third kappa shape index (κ3) is 2.12. The highest BCUT2D eigenvalue weighted by Gasteiger charge is 2.30. The Morgan fingerprint density at radius 3 is 2.60 bits per heavy atom. The molecule has 0 aliphatic heterocycles. The lowest BCUT2D eigenvalue weighted by Crippen LogP contribution is -2.30. The first kappa shape index (κ1) is 11.6. The smallest absolute Gasteiger partial charge is 0.276 e. The predicted octanol–water partition coefficient (Wildman–Crippen LogP) is 1.97. The first-order valence-corrected chi connectivity index (χ1v) is 4.53. The van der Waals surface area contributed by atoms with Crippen molar-refractivity contribution in [3.63, 3.8) is 0 Å². The number of nitrogens with two attached hydrogens (primary N) is 1. The normalized spacial score (nSPS) is 11.5. The number of nitro benzene ring substituents is 1. The Balaban J connectivity index is 3.44. The monoisotopic (exact) mass is 212 g/mol.